The molecule has 26 heavy (non-hydrogen) atoms. The number of carbonyl (C=O) groups is 1. The number of halogens is 2. The monoisotopic (exact) mass is 397 g/mol. The first-order chi connectivity index (χ1) is 12.2. The van der Waals surface area contributed by atoms with Crippen LogP contribution in [0.2, 0.25) is 0 Å². The first-order valence-electron chi connectivity index (χ1n) is 8.58. The van der Waals surface area contributed by atoms with Crippen LogP contribution in [0.5, 0.6) is 0 Å². The lowest BCUT2D eigenvalue weighted by Gasteiger charge is -2.27. The number of hydrogen-bond acceptors (Lipinski definition) is 5. The van der Waals surface area contributed by atoms with E-state index in [9.17, 15) is 9.18 Å². The van der Waals surface area contributed by atoms with E-state index in [1.165, 1.54) is 12.1 Å². The molecule has 8 heteroatoms. The molecule has 0 radical (unpaired) electrons. The molecule has 2 unspecified atom stereocenters. The number of fused-ring (bicyclic) bond motifs is 1. The molecule has 5 nitrogen and oxygen atoms in total. The van der Waals surface area contributed by atoms with Crippen molar-refractivity contribution in [2.24, 2.45) is 0 Å². The Bertz CT molecular complexity index is 762. The van der Waals surface area contributed by atoms with Gasteiger partial charge in [0.2, 0.25) is 5.91 Å². The van der Waals surface area contributed by atoms with Gasteiger partial charge >= 0.3 is 0 Å². The average molecular weight is 398 g/mol. The van der Waals surface area contributed by atoms with E-state index < -0.39 is 0 Å². The number of nitrogens with zero attached hydrogens (tertiary/aromatic N) is 1. The zero-order chi connectivity index (χ0) is 17.2. The molecule has 1 aromatic carbocycles. The van der Waals surface area contributed by atoms with Crippen molar-refractivity contribution in [3.05, 3.63) is 40.7 Å². The maximum atomic E-state index is 13.1. The van der Waals surface area contributed by atoms with Gasteiger partial charge in [0.1, 0.15) is 16.9 Å². The van der Waals surface area contributed by atoms with E-state index in [4.69, 9.17) is 9.72 Å². The van der Waals surface area contributed by atoms with Gasteiger partial charge in [-0.05, 0) is 43.5 Å². The van der Waals surface area contributed by atoms with Crippen LogP contribution in [0.4, 0.5) is 4.39 Å². The topological polar surface area (TPSA) is 63.2 Å². The Morgan fingerprint density at radius 2 is 2.15 bits per heavy atom. The van der Waals surface area contributed by atoms with Crippen LogP contribution < -0.4 is 10.6 Å². The minimum absolute atomic E-state index is 0. The predicted octanol–water partition coefficient (Wildman–Crippen LogP) is 2.85. The number of hydrogen-bond donors (Lipinski definition) is 2. The summed E-state index contributed by atoms with van der Waals surface area (Å²) in [6.07, 6.45) is 2.83. The van der Waals surface area contributed by atoms with Crippen LogP contribution in [0.25, 0.3) is 10.6 Å². The Labute approximate surface area is 161 Å². The number of aryl methyl sites for hydroxylation is 1. The van der Waals surface area contributed by atoms with Crippen molar-refractivity contribution in [2.75, 3.05) is 19.8 Å². The number of morpholine rings is 1. The van der Waals surface area contributed by atoms with E-state index in [0.717, 1.165) is 40.4 Å². The largest absolute Gasteiger partial charge is 0.378 e. The van der Waals surface area contributed by atoms with Gasteiger partial charge in [-0.2, -0.15) is 0 Å². The van der Waals surface area contributed by atoms with Gasteiger partial charge in [-0.25, -0.2) is 9.37 Å². The van der Waals surface area contributed by atoms with Gasteiger partial charge < -0.3 is 15.4 Å². The normalized spacial score (nSPS) is 22.2. The summed E-state index contributed by atoms with van der Waals surface area (Å²) in [6, 6.07) is 6.09. The van der Waals surface area contributed by atoms with Crippen molar-refractivity contribution in [2.45, 2.75) is 31.3 Å². The maximum absolute atomic E-state index is 13.1. The van der Waals surface area contributed by atoms with Crippen LogP contribution in [-0.4, -0.2) is 36.7 Å². The molecular formula is C18H21ClFN3O2S. The molecular weight excluding hydrogens is 377 g/mol. The molecule has 2 heterocycles. The summed E-state index contributed by atoms with van der Waals surface area (Å²) in [5.41, 5.74) is 1.96. The summed E-state index contributed by atoms with van der Waals surface area (Å²) >= 11 is 1.59. The number of ether oxygens (including phenoxy) is 1. The van der Waals surface area contributed by atoms with Gasteiger partial charge in [0.25, 0.3) is 0 Å². The minimum Gasteiger partial charge on any atom is -0.378 e. The van der Waals surface area contributed by atoms with E-state index >= 15 is 0 Å². The lowest BCUT2D eigenvalue weighted by Crippen LogP contribution is -2.52. The zero-order valence-corrected chi connectivity index (χ0v) is 15.8. The molecule has 2 aliphatic rings. The first kappa shape index (κ1) is 19.2. The Kier molecular flexibility index (Phi) is 6.24. The third-order valence-electron chi connectivity index (χ3n) is 4.60. The van der Waals surface area contributed by atoms with Gasteiger partial charge in [0.05, 0.1) is 29.8 Å². The highest BCUT2D eigenvalue weighted by Gasteiger charge is 2.29. The number of thiazole rings is 1. The zero-order valence-electron chi connectivity index (χ0n) is 14.2. The van der Waals surface area contributed by atoms with Gasteiger partial charge in [-0.1, -0.05) is 0 Å². The maximum Gasteiger partial charge on any atom is 0.240 e. The molecule has 1 fully saturated rings. The standard InChI is InChI=1S/C18H20FN3O2S.ClH/c19-12-6-4-11(5-7-12)18-22-14-3-1-2-13(16(14)25-18)21-17(23)15-10-24-9-8-20-15;/h4-7,13,15,20H,1-3,8-10H2,(H,21,23);1H. The van der Waals surface area contributed by atoms with Crippen LogP contribution in [0.1, 0.15) is 29.5 Å². The van der Waals surface area contributed by atoms with Gasteiger partial charge in [-0.3, -0.25) is 4.79 Å². The summed E-state index contributed by atoms with van der Waals surface area (Å²) in [5.74, 6) is -0.272. The van der Waals surface area contributed by atoms with E-state index in [1.807, 2.05) is 0 Å². The Morgan fingerprint density at radius 1 is 1.35 bits per heavy atom. The molecule has 1 aromatic heterocycles. The molecule has 0 spiro atoms. The highest BCUT2D eigenvalue weighted by molar-refractivity contribution is 7.15. The lowest BCUT2D eigenvalue weighted by atomic mass is 9.97. The predicted molar refractivity (Wildman–Crippen MR) is 101 cm³/mol. The minimum atomic E-state index is -0.288. The molecule has 2 atom stereocenters. The van der Waals surface area contributed by atoms with Gasteiger partial charge in [-0.15, -0.1) is 23.7 Å². The van der Waals surface area contributed by atoms with Crippen LogP contribution in [-0.2, 0) is 16.0 Å². The number of rotatable bonds is 3. The second kappa shape index (κ2) is 8.43. The molecule has 1 amide bonds. The number of aromatic nitrogens is 1. The first-order valence-corrected chi connectivity index (χ1v) is 9.39. The fraction of sp³-hybridized carbons (Fsp3) is 0.444. The Morgan fingerprint density at radius 3 is 2.88 bits per heavy atom. The summed E-state index contributed by atoms with van der Waals surface area (Å²) in [7, 11) is 0. The second-order valence-electron chi connectivity index (χ2n) is 6.37. The molecule has 2 aromatic rings. The van der Waals surface area contributed by atoms with E-state index in [2.05, 4.69) is 10.6 Å². The number of benzene rings is 1. The molecule has 2 N–H and O–H groups in total. The van der Waals surface area contributed by atoms with E-state index in [0.29, 0.717) is 19.8 Å². The third-order valence-corrected chi connectivity index (χ3v) is 5.86. The molecule has 1 aliphatic heterocycles. The Hall–Kier alpha value is -1.54. The summed E-state index contributed by atoms with van der Waals surface area (Å²) in [5, 5.41) is 7.21. The van der Waals surface area contributed by atoms with Crippen LogP contribution in [0.15, 0.2) is 24.3 Å². The van der Waals surface area contributed by atoms with Gasteiger partial charge in [0, 0.05) is 12.1 Å². The fourth-order valence-electron chi connectivity index (χ4n) is 3.28. The molecule has 0 bridgehead atoms. The van der Waals surface area contributed by atoms with Crippen molar-refractivity contribution < 1.29 is 13.9 Å². The molecule has 1 saturated heterocycles. The third kappa shape index (κ3) is 4.06. The van der Waals surface area contributed by atoms with Gasteiger partial charge in [0.15, 0.2) is 0 Å². The summed E-state index contributed by atoms with van der Waals surface area (Å²) < 4.78 is 18.5. The van der Waals surface area contributed by atoms with Crippen LogP contribution >= 0.6 is 23.7 Å². The number of carbonyl (C=O) groups excluding carboxylic acids is 1. The smallest absolute Gasteiger partial charge is 0.240 e. The van der Waals surface area contributed by atoms with Crippen molar-refractivity contribution >= 4 is 29.7 Å². The molecule has 140 valence electrons. The highest BCUT2D eigenvalue weighted by atomic mass is 35.5. The molecule has 1 aliphatic carbocycles. The number of nitrogens with one attached hydrogen (secondary N) is 2. The average Bonchev–Trinajstić information content (AvgIpc) is 3.08. The molecule has 4 rings (SSSR count). The van der Waals surface area contributed by atoms with Crippen molar-refractivity contribution in [3.8, 4) is 10.6 Å². The van der Waals surface area contributed by atoms with Crippen LogP contribution in [0, 0.1) is 5.82 Å². The molecule has 0 saturated carbocycles. The van der Waals surface area contributed by atoms with E-state index in [-0.39, 0.29) is 36.2 Å². The summed E-state index contributed by atoms with van der Waals surface area (Å²) in [4.78, 5) is 18.3. The van der Waals surface area contributed by atoms with Crippen molar-refractivity contribution in [1.29, 1.82) is 0 Å². The van der Waals surface area contributed by atoms with Crippen LogP contribution in [0.3, 0.4) is 0 Å². The van der Waals surface area contributed by atoms with E-state index in [1.54, 1.807) is 23.5 Å². The Balaban J connectivity index is 0.00000196. The second-order valence-corrected chi connectivity index (χ2v) is 7.40. The fourth-order valence-corrected chi connectivity index (χ4v) is 4.48. The van der Waals surface area contributed by atoms with Crippen molar-refractivity contribution in [1.82, 2.24) is 15.6 Å². The van der Waals surface area contributed by atoms with Crippen molar-refractivity contribution in [3.63, 3.8) is 0 Å². The highest BCUT2D eigenvalue weighted by Crippen LogP contribution is 2.38. The lowest BCUT2D eigenvalue weighted by molar-refractivity contribution is -0.126. The number of amides is 1. The SMILES string of the molecule is Cl.O=C(NC1CCCc2nc(-c3ccc(F)cc3)sc21)C1COCCN1. The quantitative estimate of drug-likeness (QED) is 0.836. The summed E-state index contributed by atoms with van der Waals surface area (Å²) in [6.45, 7) is 1.76.